The molecule has 114 valence electrons. The number of nitrogens with zero attached hydrogens (tertiary/aromatic N) is 1. The molecule has 0 aromatic heterocycles. The number of sulfonamides is 1. The van der Waals surface area contributed by atoms with Gasteiger partial charge >= 0.3 is 0 Å². The van der Waals surface area contributed by atoms with Crippen LogP contribution in [0.15, 0.2) is 23.1 Å². The maximum atomic E-state index is 13.1. The number of piperazine rings is 1. The van der Waals surface area contributed by atoms with Gasteiger partial charge in [-0.05, 0) is 44.5 Å². The average molecular weight is 323 g/mol. The van der Waals surface area contributed by atoms with Crippen LogP contribution in [0.5, 0.6) is 0 Å². The Bertz CT molecular complexity index is 580. The van der Waals surface area contributed by atoms with E-state index in [9.17, 15) is 12.8 Å². The van der Waals surface area contributed by atoms with Crippen molar-refractivity contribution in [3.63, 3.8) is 0 Å². The van der Waals surface area contributed by atoms with Crippen molar-refractivity contribution in [2.24, 2.45) is 0 Å². The second-order valence-electron chi connectivity index (χ2n) is 5.14. The van der Waals surface area contributed by atoms with Crippen LogP contribution in [0.25, 0.3) is 0 Å². The smallest absolute Gasteiger partial charge is 0.243 e. The van der Waals surface area contributed by atoms with Gasteiger partial charge in [0.05, 0.1) is 4.90 Å². The molecule has 1 N–H and O–H groups in total. The van der Waals surface area contributed by atoms with Crippen LogP contribution < -0.4 is 5.32 Å². The van der Waals surface area contributed by atoms with Gasteiger partial charge in [-0.15, -0.1) is 12.4 Å². The van der Waals surface area contributed by atoms with Gasteiger partial charge in [0.2, 0.25) is 10.0 Å². The van der Waals surface area contributed by atoms with Crippen molar-refractivity contribution in [1.29, 1.82) is 0 Å². The molecule has 0 radical (unpaired) electrons. The third-order valence-electron chi connectivity index (χ3n) is 3.43. The van der Waals surface area contributed by atoms with E-state index in [0.29, 0.717) is 18.7 Å². The first kappa shape index (κ1) is 17.4. The lowest BCUT2D eigenvalue weighted by molar-refractivity contribution is 0.244. The highest BCUT2D eigenvalue weighted by Crippen LogP contribution is 2.24. The lowest BCUT2D eigenvalue weighted by atomic mass is 10.2. The van der Waals surface area contributed by atoms with Gasteiger partial charge in [0.15, 0.2) is 0 Å². The van der Waals surface area contributed by atoms with E-state index in [2.05, 4.69) is 5.32 Å². The Morgan fingerprint density at radius 3 is 2.60 bits per heavy atom. The Morgan fingerprint density at radius 1 is 1.35 bits per heavy atom. The molecule has 1 aromatic carbocycles. The Hall–Kier alpha value is -0.690. The zero-order valence-corrected chi connectivity index (χ0v) is 13.4. The fraction of sp³-hybridized carbons (Fsp3) is 0.538. The highest BCUT2D eigenvalue weighted by atomic mass is 35.5. The average Bonchev–Trinajstić information content (AvgIpc) is 2.31. The first-order valence-corrected chi connectivity index (χ1v) is 7.77. The van der Waals surface area contributed by atoms with Crippen molar-refractivity contribution in [2.45, 2.75) is 37.8 Å². The molecule has 2 rings (SSSR count). The van der Waals surface area contributed by atoms with E-state index in [1.807, 2.05) is 13.8 Å². The van der Waals surface area contributed by atoms with Crippen LogP contribution in [0.3, 0.4) is 0 Å². The molecule has 1 aromatic rings. The summed E-state index contributed by atoms with van der Waals surface area (Å²) in [6.45, 7) is 6.49. The summed E-state index contributed by atoms with van der Waals surface area (Å²) in [7, 11) is -3.56. The lowest BCUT2D eigenvalue weighted by Gasteiger charge is -2.36. The molecule has 1 fully saturated rings. The SMILES string of the molecule is Cc1cc(F)ccc1S(=O)(=O)N1CC(C)NCC1C.Cl. The predicted octanol–water partition coefficient (Wildman–Crippen LogP) is 1.93. The van der Waals surface area contributed by atoms with Crippen LogP contribution in [0.2, 0.25) is 0 Å². The molecule has 2 atom stereocenters. The minimum Gasteiger partial charge on any atom is -0.311 e. The van der Waals surface area contributed by atoms with Gasteiger partial charge in [0.1, 0.15) is 5.82 Å². The standard InChI is InChI=1S/C13H19FN2O2S.ClH/c1-9-6-12(14)4-5-13(9)19(17,18)16-8-10(2)15-7-11(16)3;/h4-6,10-11,15H,7-8H2,1-3H3;1H. The maximum Gasteiger partial charge on any atom is 0.243 e. The Balaban J connectivity index is 0.00000200. The minimum atomic E-state index is -3.56. The topological polar surface area (TPSA) is 49.4 Å². The first-order chi connectivity index (χ1) is 8.82. The van der Waals surface area contributed by atoms with Gasteiger partial charge in [0, 0.05) is 25.2 Å². The van der Waals surface area contributed by atoms with Crippen LogP contribution in [0.4, 0.5) is 4.39 Å². The van der Waals surface area contributed by atoms with E-state index < -0.39 is 15.8 Å². The summed E-state index contributed by atoms with van der Waals surface area (Å²) in [5.41, 5.74) is 0.443. The molecule has 0 spiro atoms. The number of hydrogen-bond acceptors (Lipinski definition) is 3. The third-order valence-corrected chi connectivity index (χ3v) is 5.57. The van der Waals surface area contributed by atoms with Crippen LogP contribution in [0.1, 0.15) is 19.4 Å². The summed E-state index contributed by atoms with van der Waals surface area (Å²) in [6, 6.07) is 3.80. The van der Waals surface area contributed by atoms with Crippen molar-refractivity contribution in [3.8, 4) is 0 Å². The zero-order chi connectivity index (χ0) is 14.2. The number of rotatable bonds is 2. The molecule has 0 amide bonds. The summed E-state index contributed by atoms with van der Waals surface area (Å²) in [4.78, 5) is 0.190. The fourth-order valence-corrected chi connectivity index (χ4v) is 4.28. The van der Waals surface area contributed by atoms with E-state index in [0.717, 1.165) is 0 Å². The second kappa shape index (κ2) is 6.39. The quantitative estimate of drug-likeness (QED) is 0.905. The normalized spacial score (nSPS) is 24.2. The van der Waals surface area contributed by atoms with Crippen molar-refractivity contribution in [1.82, 2.24) is 9.62 Å². The predicted molar refractivity (Wildman–Crippen MR) is 79.2 cm³/mol. The summed E-state index contributed by atoms with van der Waals surface area (Å²) in [5.74, 6) is -0.418. The van der Waals surface area contributed by atoms with Gasteiger partial charge in [-0.2, -0.15) is 4.31 Å². The Labute approximate surface area is 125 Å². The van der Waals surface area contributed by atoms with Crippen LogP contribution in [0, 0.1) is 12.7 Å². The molecule has 1 aliphatic heterocycles. The molecular weight excluding hydrogens is 303 g/mol. The summed E-state index contributed by atoms with van der Waals surface area (Å²) in [5, 5.41) is 3.24. The van der Waals surface area contributed by atoms with E-state index in [1.165, 1.54) is 22.5 Å². The number of aryl methyl sites for hydroxylation is 1. The van der Waals surface area contributed by atoms with Crippen molar-refractivity contribution in [3.05, 3.63) is 29.6 Å². The van der Waals surface area contributed by atoms with Crippen LogP contribution in [-0.2, 0) is 10.0 Å². The van der Waals surface area contributed by atoms with Crippen molar-refractivity contribution >= 4 is 22.4 Å². The molecule has 1 heterocycles. The summed E-state index contributed by atoms with van der Waals surface area (Å²) in [6.07, 6.45) is 0. The van der Waals surface area contributed by atoms with Crippen LogP contribution in [-0.4, -0.2) is 37.9 Å². The first-order valence-electron chi connectivity index (χ1n) is 6.33. The number of nitrogens with one attached hydrogen (secondary N) is 1. The molecule has 1 aliphatic rings. The number of benzene rings is 1. The fourth-order valence-electron chi connectivity index (χ4n) is 2.35. The highest BCUT2D eigenvalue weighted by Gasteiger charge is 2.34. The summed E-state index contributed by atoms with van der Waals surface area (Å²) >= 11 is 0. The molecular formula is C13H20ClFN2O2S. The van der Waals surface area contributed by atoms with Gasteiger partial charge in [-0.1, -0.05) is 0 Å². The van der Waals surface area contributed by atoms with E-state index in [-0.39, 0.29) is 29.4 Å². The third kappa shape index (κ3) is 3.31. The van der Waals surface area contributed by atoms with Crippen molar-refractivity contribution < 1.29 is 12.8 Å². The largest absolute Gasteiger partial charge is 0.311 e. The highest BCUT2D eigenvalue weighted by molar-refractivity contribution is 7.89. The van der Waals surface area contributed by atoms with Gasteiger partial charge in [-0.3, -0.25) is 0 Å². The minimum absolute atomic E-state index is 0. The zero-order valence-electron chi connectivity index (χ0n) is 11.8. The van der Waals surface area contributed by atoms with E-state index in [1.54, 1.807) is 6.92 Å². The summed E-state index contributed by atoms with van der Waals surface area (Å²) < 4.78 is 39.9. The maximum absolute atomic E-state index is 13.1. The van der Waals surface area contributed by atoms with Gasteiger partial charge < -0.3 is 5.32 Å². The number of hydrogen-bond donors (Lipinski definition) is 1. The van der Waals surface area contributed by atoms with E-state index in [4.69, 9.17) is 0 Å². The molecule has 0 bridgehead atoms. The Morgan fingerprint density at radius 2 is 2.00 bits per heavy atom. The van der Waals surface area contributed by atoms with Crippen molar-refractivity contribution in [2.75, 3.05) is 13.1 Å². The van der Waals surface area contributed by atoms with Gasteiger partial charge in [-0.25, -0.2) is 12.8 Å². The van der Waals surface area contributed by atoms with Gasteiger partial charge in [0.25, 0.3) is 0 Å². The van der Waals surface area contributed by atoms with Crippen LogP contribution >= 0.6 is 12.4 Å². The molecule has 4 nitrogen and oxygen atoms in total. The monoisotopic (exact) mass is 322 g/mol. The molecule has 7 heteroatoms. The lowest BCUT2D eigenvalue weighted by Crippen LogP contribution is -2.56. The molecule has 0 saturated carbocycles. The molecule has 2 unspecified atom stereocenters. The molecule has 1 saturated heterocycles. The second-order valence-corrected chi connectivity index (χ2v) is 7.00. The molecule has 20 heavy (non-hydrogen) atoms. The van der Waals surface area contributed by atoms with E-state index >= 15 is 0 Å². The molecule has 0 aliphatic carbocycles. The number of halogens is 2. The Kier molecular flexibility index (Phi) is 5.54.